The van der Waals surface area contributed by atoms with E-state index in [4.69, 9.17) is 14.2 Å². The number of benzene rings is 2. The van der Waals surface area contributed by atoms with Crippen LogP contribution < -0.4 is 0 Å². The van der Waals surface area contributed by atoms with Crippen molar-refractivity contribution in [3.8, 4) is 11.5 Å². The molecule has 1 saturated heterocycles. The van der Waals surface area contributed by atoms with Gasteiger partial charge in [-0.3, -0.25) is 9.59 Å². The standard InChI is InChI=1S/C31H37NO10/c1-7-31(39)12-18(42-19-11-16(32(4)5)26(34)14(3)41-19)22-20(13(31)2)24(30(38)40-6)23-25(29(22)37)28(36)21-15(27(23)35)9-8-10-17(21)33/h8-10,13-14,16,18-19,26,33-34,37,39H,7,11-12H2,1-6H3/t13-,14?,16?,18+,19?,26?,31-/m1/s1. The number of methoxy groups -OCH3 is 1. The molecule has 42 heavy (non-hydrogen) atoms. The van der Waals surface area contributed by atoms with E-state index in [1.165, 1.54) is 18.2 Å². The van der Waals surface area contributed by atoms with E-state index in [0.717, 1.165) is 7.11 Å². The van der Waals surface area contributed by atoms with E-state index in [0.29, 0.717) is 0 Å². The molecule has 2 aliphatic carbocycles. The van der Waals surface area contributed by atoms with Crippen molar-refractivity contribution >= 4 is 17.5 Å². The Balaban J connectivity index is 1.76. The average Bonchev–Trinajstić information content (AvgIpc) is 2.95. The largest absolute Gasteiger partial charge is 0.507 e. The molecule has 4 unspecified atom stereocenters. The monoisotopic (exact) mass is 583 g/mol. The molecule has 0 saturated carbocycles. The Bertz CT molecular complexity index is 1470. The summed E-state index contributed by atoms with van der Waals surface area (Å²) in [5.74, 6) is -4.27. The summed E-state index contributed by atoms with van der Waals surface area (Å²) in [4.78, 5) is 43.0. The molecular formula is C31H37NO10. The highest BCUT2D eigenvalue weighted by Crippen LogP contribution is 2.55. The molecule has 0 bridgehead atoms. The quantitative estimate of drug-likeness (QED) is 0.327. The van der Waals surface area contributed by atoms with E-state index in [2.05, 4.69) is 0 Å². The number of hydrogen-bond acceptors (Lipinski definition) is 11. The molecule has 0 spiro atoms. The van der Waals surface area contributed by atoms with Crippen LogP contribution in [0.4, 0.5) is 0 Å². The van der Waals surface area contributed by atoms with Gasteiger partial charge in [0.1, 0.15) is 11.5 Å². The summed E-state index contributed by atoms with van der Waals surface area (Å²) in [7, 11) is 4.79. The zero-order valence-electron chi connectivity index (χ0n) is 24.5. The van der Waals surface area contributed by atoms with Gasteiger partial charge in [-0.1, -0.05) is 26.0 Å². The minimum Gasteiger partial charge on any atom is -0.507 e. The number of hydrogen-bond donors (Lipinski definition) is 4. The maximum absolute atomic E-state index is 13.9. The molecule has 2 aromatic carbocycles. The molecule has 1 heterocycles. The zero-order chi connectivity index (χ0) is 30.8. The van der Waals surface area contributed by atoms with E-state index < -0.39 is 70.7 Å². The van der Waals surface area contributed by atoms with Crippen molar-refractivity contribution in [2.45, 2.75) is 82.2 Å². The number of aliphatic hydroxyl groups is 2. The van der Waals surface area contributed by atoms with Gasteiger partial charge in [-0.05, 0) is 39.1 Å². The van der Waals surface area contributed by atoms with Crippen LogP contribution in [-0.4, -0.2) is 94.2 Å². The van der Waals surface area contributed by atoms with Crippen LogP contribution >= 0.6 is 0 Å². The number of carbonyl (C=O) groups excluding carboxylic acids is 3. The first-order chi connectivity index (χ1) is 19.8. The number of phenolic OH excluding ortho intramolecular Hbond substituents is 2. The molecule has 0 radical (unpaired) electrons. The van der Waals surface area contributed by atoms with Crippen LogP contribution in [0.1, 0.15) is 105 Å². The van der Waals surface area contributed by atoms with Gasteiger partial charge < -0.3 is 39.5 Å². The van der Waals surface area contributed by atoms with Gasteiger partial charge in [0.15, 0.2) is 12.1 Å². The fraction of sp³-hybridized carbons (Fsp3) is 0.516. The fourth-order valence-electron chi connectivity index (χ4n) is 6.79. The lowest BCUT2D eigenvalue weighted by Crippen LogP contribution is -2.54. The summed E-state index contributed by atoms with van der Waals surface area (Å²) in [5.41, 5.74) is -2.61. The zero-order valence-corrected chi connectivity index (χ0v) is 24.5. The lowest BCUT2D eigenvalue weighted by Gasteiger charge is -2.46. The summed E-state index contributed by atoms with van der Waals surface area (Å²) in [6, 6.07) is 3.72. The van der Waals surface area contributed by atoms with Gasteiger partial charge in [0, 0.05) is 35.9 Å². The summed E-state index contributed by atoms with van der Waals surface area (Å²) in [5, 5.41) is 44.8. The van der Waals surface area contributed by atoms with Gasteiger partial charge in [-0.15, -0.1) is 0 Å². The smallest absolute Gasteiger partial charge is 0.338 e. The Labute approximate surface area is 243 Å². The first kappa shape index (κ1) is 30.1. The first-order valence-corrected chi connectivity index (χ1v) is 14.1. The number of rotatable bonds is 5. The number of phenols is 2. The maximum atomic E-state index is 13.9. The van der Waals surface area contributed by atoms with Crippen molar-refractivity contribution < 1.29 is 49.0 Å². The van der Waals surface area contributed by atoms with Crippen LogP contribution in [0.2, 0.25) is 0 Å². The molecule has 3 aliphatic rings. The normalized spacial score (nSPS) is 30.5. The minimum atomic E-state index is -1.43. The topological polar surface area (TPSA) is 163 Å². The molecule has 5 rings (SSSR count). The summed E-state index contributed by atoms with van der Waals surface area (Å²) >= 11 is 0. The summed E-state index contributed by atoms with van der Waals surface area (Å²) in [6.07, 6.45) is -2.83. The number of carbonyl (C=O) groups is 3. The number of likely N-dealkylation sites (N-methyl/N-ethyl adjacent to an activating group) is 1. The van der Waals surface area contributed by atoms with Gasteiger partial charge in [0.2, 0.25) is 5.78 Å². The first-order valence-electron chi connectivity index (χ1n) is 14.1. The van der Waals surface area contributed by atoms with Crippen molar-refractivity contribution in [2.24, 2.45) is 0 Å². The molecule has 7 atom stereocenters. The lowest BCUT2D eigenvalue weighted by atomic mass is 9.65. The third kappa shape index (κ3) is 4.42. The second-order valence-corrected chi connectivity index (χ2v) is 11.7. The highest BCUT2D eigenvalue weighted by molar-refractivity contribution is 6.32. The minimum absolute atomic E-state index is 0.0158. The van der Waals surface area contributed by atoms with Gasteiger partial charge in [0.05, 0.1) is 53.3 Å². The number of ether oxygens (including phenoxy) is 3. The Morgan fingerprint density at radius 2 is 1.79 bits per heavy atom. The average molecular weight is 584 g/mol. The summed E-state index contributed by atoms with van der Waals surface area (Å²) in [6.45, 7) is 5.18. The lowest BCUT2D eigenvalue weighted by molar-refractivity contribution is -0.258. The van der Waals surface area contributed by atoms with Gasteiger partial charge in [-0.2, -0.15) is 0 Å². The fourth-order valence-corrected chi connectivity index (χ4v) is 6.79. The third-order valence-electron chi connectivity index (χ3n) is 9.28. The molecule has 11 nitrogen and oxygen atoms in total. The second kappa shape index (κ2) is 10.7. The molecule has 1 aliphatic heterocycles. The molecule has 11 heteroatoms. The van der Waals surface area contributed by atoms with Gasteiger partial charge >= 0.3 is 5.97 Å². The number of esters is 1. The highest BCUT2D eigenvalue weighted by atomic mass is 16.7. The number of aliphatic hydroxyl groups excluding tert-OH is 1. The van der Waals surface area contributed by atoms with Crippen LogP contribution in [-0.2, 0) is 14.2 Å². The van der Waals surface area contributed by atoms with Crippen LogP contribution in [0, 0.1) is 0 Å². The predicted molar refractivity (Wildman–Crippen MR) is 149 cm³/mol. The summed E-state index contributed by atoms with van der Waals surface area (Å²) < 4.78 is 17.5. The number of ketones is 2. The van der Waals surface area contributed by atoms with Crippen molar-refractivity contribution in [3.05, 3.63) is 57.1 Å². The van der Waals surface area contributed by atoms with E-state index in [9.17, 15) is 34.8 Å². The Morgan fingerprint density at radius 3 is 2.40 bits per heavy atom. The molecule has 0 aromatic heterocycles. The van der Waals surface area contributed by atoms with Gasteiger partial charge in [0.25, 0.3) is 0 Å². The molecular weight excluding hydrogens is 546 g/mol. The molecule has 226 valence electrons. The third-order valence-corrected chi connectivity index (χ3v) is 9.28. The highest BCUT2D eigenvalue weighted by Gasteiger charge is 2.51. The van der Waals surface area contributed by atoms with Crippen molar-refractivity contribution in [2.75, 3.05) is 21.2 Å². The second-order valence-electron chi connectivity index (χ2n) is 11.7. The van der Waals surface area contributed by atoms with E-state index in [-0.39, 0.29) is 58.7 Å². The van der Waals surface area contributed by atoms with E-state index >= 15 is 0 Å². The molecule has 1 fully saturated rings. The van der Waals surface area contributed by atoms with Crippen molar-refractivity contribution in [1.29, 1.82) is 0 Å². The number of aromatic hydroxyl groups is 2. The molecule has 4 N–H and O–H groups in total. The Morgan fingerprint density at radius 1 is 1.10 bits per heavy atom. The van der Waals surface area contributed by atoms with Crippen LogP contribution in [0.15, 0.2) is 18.2 Å². The molecule has 2 aromatic rings. The molecule has 0 amide bonds. The maximum Gasteiger partial charge on any atom is 0.338 e. The van der Waals surface area contributed by atoms with Crippen LogP contribution in [0.25, 0.3) is 0 Å². The van der Waals surface area contributed by atoms with E-state index in [1.54, 1.807) is 20.8 Å². The van der Waals surface area contributed by atoms with E-state index in [1.807, 2.05) is 19.0 Å². The van der Waals surface area contributed by atoms with Crippen molar-refractivity contribution in [3.63, 3.8) is 0 Å². The van der Waals surface area contributed by atoms with Crippen LogP contribution in [0.5, 0.6) is 11.5 Å². The predicted octanol–water partition coefficient (Wildman–Crippen LogP) is 2.79. The Kier molecular flexibility index (Phi) is 7.70. The number of nitrogens with zero attached hydrogens (tertiary/aromatic N) is 1. The van der Waals surface area contributed by atoms with Gasteiger partial charge in [-0.25, -0.2) is 4.79 Å². The number of fused-ring (bicyclic) bond motifs is 3. The van der Waals surface area contributed by atoms with Crippen LogP contribution in [0.3, 0.4) is 0 Å². The van der Waals surface area contributed by atoms with Crippen molar-refractivity contribution in [1.82, 2.24) is 4.90 Å². The SMILES string of the molecule is CC[C@@]1(O)C[C@H](OC2CC(N(C)C)C(O)C(C)O2)c2c(O)c3c(c(C(=O)OC)c2[C@H]1C)C(=O)c1cccc(O)c1C3=O. The Hall–Kier alpha value is -3.35.